The van der Waals surface area contributed by atoms with E-state index in [0.717, 1.165) is 6.26 Å². The zero-order valence-corrected chi connectivity index (χ0v) is 7.44. The summed E-state index contributed by atoms with van der Waals surface area (Å²) in [4.78, 5) is 10.6. The van der Waals surface area contributed by atoms with Gasteiger partial charge in [-0.3, -0.25) is 4.79 Å². The number of hydrogen-bond acceptors (Lipinski definition) is 2. The second-order valence-electron chi connectivity index (χ2n) is 2.28. The topological polar surface area (TPSA) is 26.3 Å². The van der Waals surface area contributed by atoms with Gasteiger partial charge in [-0.1, -0.05) is 6.92 Å². The minimum absolute atomic E-state index is 0.0122. The van der Waals surface area contributed by atoms with Gasteiger partial charge in [-0.05, 0) is 13.3 Å². The molecule has 0 aliphatic heterocycles. The van der Waals surface area contributed by atoms with Gasteiger partial charge in [0.1, 0.15) is 0 Å². The Morgan fingerprint density at radius 2 is 1.92 bits per heavy atom. The number of rotatable bonds is 4. The van der Waals surface area contributed by atoms with Crippen LogP contribution in [0.4, 0.5) is 13.2 Å². The molecule has 0 spiro atoms. The molecule has 0 atom stereocenters. The lowest BCUT2D eigenvalue weighted by molar-refractivity contribution is -0.166. The summed E-state index contributed by atoms with van der Waals surface area (Å²) < 4.78 is 40.2. The molecular weight excluding hydrogens is 185 g/mol. The van der Waals surface area contributed by atoms with E-state index in [4.69, 9.17) is 0 Å². The van der Waals surface area contributed by atoms with E-state index in [9.17, 15) is 18.0 Å². The van der Waals surface area contributed by atoms with Crippen LogP contribution in [0, 0.1) is 0 Å². The summed E-state index contributed by atoms with van der Waals surface area (Å²) in [6, 6.07) is 0. The predicted octanol–water partition coefficient (Wildman–Crippen LogP) is 2.45. The highest BCUT2D eigenvalue weighted by molar-refractivity contribution is 5.99. The van der Waals surface area contributed by atoms with Crippen LogP contribution in [0.3, 0.4) is 0 Å². The Balaban J connectivity index is 4.50. The molecule has 0 radical (unpaired) electrons. The zero-order valence-electron chi connectivity index (χ0n) is 7.44. The third kappa shape index (κ3) is 3.96. The van der Waals surface area contributed by atoms with Crippen molar-refractivity contribution < 1.29 is 22.7 Å². The molecule has 0 heterocycles. The molecule has 13 heavy (non-hydrogen) atoms. The summed E-state index contributed by atoms with van der Waals surface area (Å²) in [5.74, 6) is -1.83. The molecule has 0 aliphatic carbocycles. The average molecular weight is 196 g/mol. The maximum Gasteiger partial charge on any atom is 0.454 e. The van der Waals surface area contributed by atoms with Gasteiger partial charge in [0.2, 0.25) is 0 Å². The maximum absolute atomic E-state index is 11.9. The zero-order chi connectivity index (χ0) is 10.5. The van der Waals surface area contributed by atoms with E-state index in [2.05, 4.69) is 4.74 Å². The highest BCUT2D eigenvalue weighted by Gasteiger charge is 2.40. The number of ketones is 1. The Hall–Kier alpha value is -1.00. The largest absolute Gasteiger partial charge is 0.501 e. The van der Waals surface area contributed by atoms with Gasteiger partial charge in [0.25, 0.3) is 5.78 Å². The molecule has 0 bridgehead atoms. The minimum Gasteiger partial charge on any atom is -0.501 e. The van der Waals surface area contributed by atoms with Crippen LogP contribution in [-0.2, 0) is 9.53 Å². The quantitative estimate of drug-likeness (QED) is 0.510. The van der Waals surface area contributed by atoms with Crippen molar-refractivity contribution in [2.24, 2.45) is 0 Å². The first-order valence-corrected chi connectivity index (χ1v) is 3.85. The van der Waals surface area contributed by atoms with Crippen LogP contribution >= 0.6 is 0 Å². The molecule has 0 aromatic heterocycles. The molecule has 2 nitrogen and oxygen atoms in total. The molecular formula is C8H11F3O2. The van der Waals surface area contributed by atoms with E-state index in [1.54, 1.807) is 6.92 Å². The minimum atomic E-state index is -4.81. The summed E-state index contributed by atoms with van der Waals surface area (Å²) in [5, 5.41) is 0. The fourth-order valence-corrected chi connectivity index (χ4v) is 0.663. The number of hydrogen-bond donors (Lipinski definition) is 0. The van der Waals surface area contributed by atoms with Gasteiger partial charge in [0.15, 0.2) is 0 Å². The normalized spacial score (nSPS) is 12.8. The van der Waals surface area contributed by atoms with E-state index in [1.165, 1.54) is 6.92 Å². The summed E-state index contributed by atoms with van der Waals surface area (Å²) >= 11 is 0. The van der Waals surface area contributed by atoms with Gasteiger partial charge in [-0.25, -0.2) is 0 Å². The average Bonchev–Trinajstić information content (AvgIpc) is 2.04. The van der Waals surface area contributed by atoms with Crippen molar-refractivity contribution in [1.82, 2.24) is 0 Å². The fourth-order valence-electron chi connectivity index (χ4n) is 0.663. The van der Waals surface area contributed by atoms with Gasteiger partial charge in [0, 0.05) is 5.57 Å². The van der Waals surface area contributed by atoms with Crippen molar-refractivity contribution in [1.29, 1.82) is 0 Å². The third-order valence-electron chi connectivity index (χ3n) is 1.32. The Morgan fingerprint density at radius 3 is 2.23 bits per heavy atom. The summed E-state index contributed by atoms with van der Waals surface area (Å²) in [6.45, 7) is 3.34. The maximum atomic E-state index is 11.9. The molecule has 0 unspecified atom stereocenters. The highest BCUT2D eigenvalue weighted by atomic mass is 19.4. The van der Waals surface area contributed by atoms with Crippen LogP contribution in [0.15, 0.2) is 11.8 Å². The summed E-state index contributed by atoms with van der Waals surface area (Å²) in [6.07, 6.45) is -3.92. The molecule has 0 fully saturated rings. The Kier molecular flexibility index (Phi) is 4.51. The standard InChI is InChI=1S/C8H11F3O2/c1-3-6(5-13-4-2)7(12)8(9,10)11/h5H,3-4H2,1-2H3/b6-5+. The second-order valence-corrected chi connectivity index (χ2v) is 2.28. The number of allylic oxidation sites excluding steroid dienone is 1. The Morgan fingerprint density at radius 1 is 1.38 bits per heavy atom. The number of halogens is 3. The number of Topliss-reactive ketones (excluding diaryl/α,β-unsaturated/α-hetero) is 1. The number of carbonyl (C=O) groups excluding carboxylic acids is 1. The number of ether oxygens (including phenoxy) is 1. The Bertz CT molecular complexity index is 206. The van der Waals surface area contributed by atoms with E-state index in [-0.39, 0.29) is 18.6 Å². The molecule has 0 saturated carbocycles. The first-order valence-electron chi connectivity index (χ1n) is 3.85. The lowest BCUT2D eigenvalue weighted by Crippen LogP contribution is -2.24. The van der Waals surface area contributed by atoms with Gasteiger partial charge in [-0.2, -0.15) is 13.2 Å². The number of alkyl halides is 3. The van der Waals surface area contributed by atoms with Gasteiger partial charge in [0.05, 0.1) is 12.9 Å². The first kappa shape index (κ1) is 12.0. The smallest absolute Gasteiger partial charge is 0.454 e. The molecule has 0 aromatic rings. The summed E-state index contributed by atoms with van der Waals surface area (Å²) in [7, 11) is 0. The van der Waals surface area contributed by atoms with Gasteiger partial charge < -0.3 is 4.74 Å². The van der Waals surface area contributed by atoms with Crippen molar-refractivity contribution in [2.45, 2.75) is 26.4 Å². The molecule has 0 rings (SSSR count). The van der Waals surface area contributed by atoms with E-state index >= 15 is 0 Å². The van der Waals surface area contributed by atoms with E-state index < -0.39 is 12.0 Å². The van der Waals surface area contributed by atoms with Crippen molar-refractivity contribution in [3.63, 3.8) is 0 Å². The molecule has 0 aliphatic rings. The van der Waals surface area contributed by atoms with Crippen molar-refractivity contribution >= 4 is 5.78 Å². The molecule has 5 heteroatoms. The molecule has 0 saturated heterocycles. The van der Waals surface area contributed by atoms with Crippen LogP contribution in [0.25, 0.3) is 0 Å². The molecule has 76 valence electrons. The lowest BCUT2D eigenvalue weighted by Gasteiger charge is -2.06. The third-order valence-corrected chi connectivity index (χ3v) is 1.32. The molecule has 0 aromatic carbocycles. The van der Waals surface area contributed by atoms with Crippen LogP contribution in [-0.4, -0.2) is 18.6 Å². The summed E-state index contributed by atoms with van der Waals surface area (Å²) in [5.41, 5.74) is -0.352. The van der Waals surface area contributed by atoms with Crippen LogP contribution in [0.1, 0.15) is 20.3 Å². The van der Waals surface area contributed by atoms with Crippen molar-refractivity contribution in [2.75, 3.05) is 6.61 Å². The van der Waals surface area contributed by atoms with Crippen LogP contribution < -0.4 is 0 Å². The van der Waals surface area contributed by atoms with Crippen LogP contribution in [0.2, 0.25) is 0 Å². The van der Waals surface area contributed by atoms with E-state index in [1.807, 2.05) is 0 Å². The monoisotopic (exact) mass is 196 g/mol. The van der Waals surface area contributed by atoms with Crippen molar-refractivity contribution in [3.05, 3.63) is 11.8 Å². The second kappa shape index (κ2) is 4.89. The number of carbonyl (C=O) groups is 1. The highest BCUT2D eigenvalue weighted by Crippen LogP contribution is 2.22. The molecule has 0 N–H and O–H groups in total. The Labute approximate surface area is 74.4 Å². The fraction of sp³-hybridized carbons (Fsp3) is 0.625. The lowest BCUT2D eigenvalue weighted by atomic mass is 10.1. The van der Waals surface area contributed by atoms with Gasteiger partial charge in [-0.15, -0.1) is 0 Å². The van der Waals surface area contributed by atoms with Crippen LogP contribution in [0.5, 0.6) is 0 Å². The van der Waals surface area contributed by atoms with Crippen molar-refractivity contribution in [3.8, 4) is 0 Å². The molecule has 0 amide bonds. The SMILES string of the molecule is CCO/C=C(\CC)C(=O)C(F)(F)F. The van der Waals surface area contributed by atoms with Gasteiger partial charge >= 0.3 is 6.18 Å². The first-order chi connectivity index (χ1) is 5.93. The predicted molar refractivity (Wildman–Crippen MR) is 41.1 cm³/mol. The van der Waals surface area contributed by atoms with E-state index in [0.29, 0.717) is 0 Å².